The summed E-state index contributed by atoms with van der Waals surface area (Å²) in [6, 6.07) is 13.2. The molecule has 2 fully saturated rings. The molecule has 2 aromatic carbocycles. The average molecular weight is 477 g/mol. The number of carboxylic acids is 1. The molecule has 2 N–H and O–H groups in total. The Morgan fingerprint density at radius 3 is 2.54 bits per heavy atom. The second kappa shape index (κ2) is 10.7. The molecule has 3 aromatic rings. The number of likely N-dealkylation sites (tertiary alicyclic amines) is 1. The van der Waals surface area contributed by atoms with Crippen molar-refractivity contribution in [1.82, 2.24) is 20.0 Å². The van der Waals surface area contributed by atoms with Crippen LogP contribution in [0.25, 0.3) is 17.0 Å². The first-order valence-corrected chi connectivity index (χ1v) is 12.6. The van der Waals surface area contributed by atoms with Crippen molar-refractivity contribution in [2.75, 3.05) is 32.7 Å². The molecule has 5 rings (SSSR count). The third kappa shape index (κ3) is 5.80. The van der Waals surface area contributed by atoms with Gasteiger partial charge in [0, 0.05) is 11.3 Å². The standard InChI is InChI=1S/C28H33FN4O2/c29-24-6-3-22(4-7-24)18-33-26-17-21(2-1-20-9-13-30-14-10-20)5-8-25(26)28(31-33)23-11-15-32(16-12-23)19-27(34)35/h1-8,17,20,23,30H,9-16,18-19H2,(H,34,35). The highest BCUT2D eigenvalue weighted by molar-refractivity contribution is 5.85. The van der Waals surface area contributed by atoms with Crippen LogP contribution in [-0.2, 0) is 11.3 Å². The molecule has 2 saturated heterocycles. The van der Waals surface area contributed by atoms with Crippen molar-refractivity contribution in [2.45, 2.75) is 38.1 Å². The van der Waals surface area contributed by atoms with Crippen molar-refractivity contribution < 1.29 is 14.3 Å². The summed E-state index contributed by atoms with van der Waals surface area (Å²) < 4.78 is 15.5. The molecule has 0 aliphatic carbocycles. The highest BCUT2D eigenvalue weighted by Crippen LogP contribution is 2.33. The number of hydrogen-bond donors (Lipinski definition) is 2. The fourth-order valence-electron chi connectivity index (χ4n) is 5.34. The fourth-order valence-corrected chi connectivity index (χ4v) is 5.34. The molecule has 0 bridgehead atoms. The van der Waals surface area contributed by atoms with E-state index in [1.807, 2.05) is 21.7 Å². The number of allylic oxidation sites excluding steroid dienone is 1. The number of fused-ring (bicyclic) bond motifs is 1. The van der Waals surface area contributed by atoms with Crippen LogP contribution in [0.5, 0.6) is 0 Å². The molecular weight excluding hydrogens is 443 g/mol. The van der Waals surface area contributed by atoms with Gasteiger partial charge in [-0.3, -0.25) is 14.4 Å². The minimum atomic E-state index is -0.775. The highest BCUT2D eigenvalue weighted by atomic mass is 19.1. The highest BCUT2D eigenvalue weighted by Gasteiger charge is 2.26. The molecule has 0 saturated carbocycles. The van der Waals surface area contributed by atoms with Crippen molar-refractivity contribution in [3.05, 3.63) is 71.2 Å². The molecule has 1 aromatic heterocycles. The van der Waals surface area contributed by atoms with Crippen molar-refractivity contribution in [2.24, 2.45) is 5.92 Å². The third-order valence-corrected chi connectivity index (χ3v) is 7.33. The molecule has 184 valence electrons. The largest absolute Gasteiger partial charge is 0.480 e. The lowest BCUT2D eigenvalue weighted by Gasteiger charge is -2.30. The molecule has 3 heterocycles. The molecule has 2 aliphatic heterocycles. The van der Waals surface area contributed by atoms with E-state index in [0.717, 1.165) is 61.2 Å². The van der Waals surface area contributed by atoms with Crippen LogP contribution in [0.3, 0.4) is 0 Å². The summed E-state index contributed by atoms with van der Waals surface area (Å²) >= 11 is 0. The van der Waals surface area contributed by atoms with Crippen LogP contribution in [-0.4, -0.2) is 58.5 Å². The van der Waals surface area contributed by atoms with Crippen LogP contribution in [0.4, 0.5) is 4.39 Å². The van der Waals surface area contributed by atoms with Gasteiger partial charge in [-0.2, -0.15) is 5.10 Å². The lowest BCUT2D eigenvalue weighted by molar-refractivity contribution is -0.138. The summed E-state index contributed by atoms with van der Waals surface area (Å²) in [5.41, 5.74) is 4.35. The Morgan fingerprint density at radius 2 is 1.83 bits per heavy atom. The van der Waals surface area contributed by atoms with Gasteiger partial charge in [-0.1, -0.05) is 36.4 Å². The summed E-state index contributed by atoms with van der Waals surface area (Å²) in [7, 11) is 0. The molecular formula is C28H33FN4O2. The van der Waals surface area contributed by atoms with Crippen LogP contribution in [0.1, 0.15) is 48.4 Å². The summed E-state index contributed by atoms with van der Waals surface area (Å²) in [5, 5.41) is 18.7. The quantitative estimate of drug-likeness (QED) is 0.526. The van der Waals surface area contributed by atoms with Crippen molar-refractivity contribution in [1.29, 1.82) is 0 Å². The Kier molecular flexibility index (Phi) is 7.25. The normalized spacial score (nSPS) is 18.5. The Labute approximate surface area is 205 Å². The molecule has 6 nitrogen and oxygen atoms in total. The van der Waals surface area contributed by atoms with Crippen LogP contribution >= 0.6 is 0 Å². The number of piperidine rings is 2. The van der Waals surface area contributed by atoms with Gasteiger partial charge in [0.15, 0.2) is 0 Å². The van der Waals surface area contributed by atoms with Crippen molar-refractivity contribution in [3.63, 3.8) is 0 Å². The van der Waals surface area contributed by atoms with E-state index in [1.54, 1.807) is 0 Å². The molecule has 0 unspecified atom stereocenters. The van der Waals surface area contributed by atoms with Crippen molar-refractivity contribution in [3.8, 4) is 0 Å². The lowest BCUT2D eigenvalue weighted by Crippen LogP contribution is -2.36. The molecule has 2 aliphatic rings. The number of aliphatic carboxylic acids is 1. The number of carboxylic acid groups (broad SMARTS) is 1. The summed E-state index contributed by atoms with van der Waals surface area (Å²) in [5.74, 6) is -0.100. The van der Waals surface area contributed by atoms with Gasteiger partial charge in [0.25, 0.3) is 0 Å². The van der Waals surface area contributed by atoms with Crippen LogP contribution in [0.15, 0.2) is 48.5 Å². The summed E-state index contributed by atoms with van der Waals surface area (Å²) in [6.45, 7) is 4.36. The average Bonchev–Trinajstić information content (AvgIpc) is 3.22. The van der Waals surface area contributed by atoms with E-state index >= 15 is 0 Å². The zero-order valence-electron chi connectivity index (χ0n) is 20.0. The maximum atomic E-state index is 13.5. The maximum absolute atomic E-state index is 13.5. The van der Waals surface area contributed by atoms with E-state index in [9.17, 15) is 9.18 Å². The van der Waals surface area contributed by atoms with E-state index in [0.29, 0.717) is 18.4 Å². The molecule has 0 atom stereocenters. The second-order valence-electron chi connectivity index (χ2n) is 9.84. The number of nitrogens with zero attached hydrogens (tertiary/aromatic N) is 3. The topological polar surface area (TPSA) is 70.4 Å². The number of halogens is 1. The first kappa shape index (κ1) is 23.7. The third-order valence-electron chi connectivity index (χ3n) is 7.33. The molecule has 7 heteroatoms. The van der Waals surface area contributed by atoms with E-state index < -0.39 is 5.97 Å². The number of nitrogens with one attached hydrogen (secondary N) is 1. The Bertz CT molecular complexity index is 1190. The number of rotatable bonds is 7. The predicted molar refractivity (Wildman–Crippen MR) is 136 cm³/mol. The van der Waals surface area contributed by atoms with E-state index in [4.69, 9.17) is 10.2 Å². The molecule has 0 spiro atoms. The summed E-state index contributed by atoms with van der Waals surface area (Å²) in [4.78, 5) is 13.1. The first-order valence-electron chi connectivity index (χ1n) is 12.6. The second-order valence-corrected chi connectivity index (χ2v) is 9.84. The zero-order chi connectivity index (χ0) is 24.2. The predicted octanol–water partition coefficient (Wildman–Crippen LogP) is 4.50. The number of carbonyl (C=O) groups is 1. The molecule has 35 heavy (non-hydrogen) atoms. The SMILES string of the molecule is O=C(O)CN1CCC(c2nn(Cc3ccc(F)cc3)c3cc(C=CC4CCNCC4)ccc23)CC1. The smallest absolute Gasteiger partial charge is 0.317 e. The monoisotopic (exact) mass is 476 g/mol. The number of hydrogen-bond acceptors (Lipinski definition) is 4. The lowest BCUT2D eigenvalue weighted by atomic mass is 9.91. The van der Waals surface area contributed by atoms with Crippen LogP contribution in [0, 0.1) is 11.7 Å². The Hall–Kier alpha value is -3.03. The van der Waals surface area contributed by atoms with Gasteiger partial charge in [-0.05, 0) is 87.1 Å². The Balaban J connectivity index is 1.43. The zero-order valence-corrected chi connectivity index (χ0v) is 20.0. The van der Waals surface area contributed by atoms with Gasteiger partial charge in [0.05, 0.1) is 24.3 Å². The Morgan fingerprint density at radius 1 is 1.09 bits per heavy atom. The molecule has 0 radical (unpaired) electrons. The van der Waals surface area contributed by atoms with E-state index in [2.05, 4.69) is 35.7 Å². The number of benzene rings is 2. The molecule has 0 amide bonds. The first-order chi connectivity index (χ1) is 17.0. The number of aromatic nitrogens is 2. The minimum Gasteiger partial charge on any atom is -0.480 e. The van der Waals surface area contributed by atoms with Gasteiger partial charge >= 0.3 is 5.97 Å². The van der Waals surface area contributed by atoms with E-state index in [1.165, 1.54) is 30.5 Å². The van der Waals surface area contributed by atoms with Gasteiger partial charge in [0.1, 0.15) is 5.82 Å². The van der Waals surface area contributed by atoms with Crippen molar-refractivity contribution >= 4 is 22.9 Å². The van der Waals surface area contributed by atoms with Gasteiger partial charge < -0.3 is 10.4 Å². The van der Waals surface area contributed by atoms with Gasteiger partial charge in [-0.25, -0.2) is 4.39 Å². The van der Waals surface area contributed by atoms with Crippen LogP contribution in [0.2, 0.25) is 0 Å². The van der Waals surface area contributed by atoms with E-state index in [-0.39, 0.29) is 12.4 Å². The van der Waals surface area contributed by atoms with Gasteiger partial charge in [0.2, 0.25) is 0 Å². The fraction of sp³-hybridized carbons (Fsp3) is 0.429. The van der Waals surface area contributed by atoms with Gasteiger partial charge in [-0.15, -0.1) is 0 Å². The minimum absolute atomic E-state index is 0.0965. The summed E-state index contributed by atoms with van der Waals surface area (Å²) in [6.07, 6.45) is 8.70. The van der Waals surface area contributed by atoms with Crippen LogP contribution < -0.4 is 5.32 Å². The maximum Gasteiger partial charge on any atom is 0.317 e.